The van der Waals surface area contributed by atoms with Gasteiger partial charge in [0.05, 0.1) is 10.6 Å². The number of hydrogen-bond acceptors (Lipinski definition) is 7. The molecule has 0 radical (unpaired) electrons. The molecular weight excluding hydrogens is 372 g/mol. The highest BCUT2D eigenvalue weighted by Crippen LogP contribution is 2.26. The lowest BCUT2D eigenvalue weighted by Crippen LogP contribution is -2.29. The number of carbonyl (C=O) groups is 1. The molecule has 0 bridgehead atoms. The minimum atomic E-state index is -0.539. The van der Waals surface area contributed by atoms with Crippen LogP contribution in [0.25, 0.3) is 0 Å². The number of rotatable bonds is 6. The topological polar surface area (TPSA) is 88.4 Å². The number of aromatic nitrogens is 1. The van der Waals surface area contributed by atoms with E-state index in [0.717, 1.165) is 30.2 Å². The van der Waals surface area contributed by atoms with Gasteiger partial charge in [-0.1, -0.05) is 6.42 Å². The van der Waals surface area contributed by atoms with Crippen molar-refractivity contribution in [3.05, 3.63) is 45.0 Å². The Balaban J connectivity index is 1.71. The number of hydrogen-bond donors (Lipinski definition) is 1. The first-order chi connectivity index (χ1) is 12.6. The quantitative estimate of drug-likeness (QED) is 0.454. The van der Waals surface area contributed by atoms with Crippen molar-refractivity contribution in [2.75, 3.05) is 24.7 Å². The van der Waals surface area contributed by atoms with Gasteiger partial charge < -0.3 is 0 Å². The molecule has 0 aliphatic carbocycles. The third-order valence-electron chi connectivity index (χ3n) is 4.25. The van der Waals surface area contributed by atoms with Crippen molar-refractivity contribution < 1.29 is 9.72 Å². The first-order valence-electron chi connectivity index (χ1n) is 8.37. The van der Waals surface area contributed by atoms with Crippen LogP contribution in [0.2, 0.25) is 0 Å². The molecule has 7 nitrogen and oxygen atoms in total. The number of nitrogens with one attached hydrogen (secondary N) is 1. The van der Waals surface area contributed by atoms with Gasteiger partial charge in [0.15, 0.2) is 5.13 Å². The van der Waals surface area contributed by atoms with Crippen molar-refractivity contribution in [1.29, 1.82) is 0 Å². The molecule has 1 fully saturated rings. The van der Waals surface area contributed by atoms with Crippen LogP contribution >= 0.6 is 23.1 Å². The number of piperidine rings is 1. The predicted octanol–water partition coefficient (Wildman–Crippen LogP) is 4.01. The summed E-state index contributed by atoms with van der Waals surface area (Å²) in [6.07, 6.45) is 5.56. The number of likely N-dealkylation sites (tertiary alicyclic amines) is 1. The van der Waals surface area contributed by atoms with Gasteiger partial charge in [-0.3, -0.25) is 25.1 Å². The Bertz CT molecular complexity index is 803. The van der Waals surface area contributed by atoms with Crippen LogP contribution in [0.5, 0.6) is 0 Å². The normalized spacial score (nSPS) is 15.0. The maximum atomic E-state index is 12.5. The molecule has 0 saturated carbocycles. The summed E-state index contributed by atoms with van der Waals surface area (Å²) in [7, 11) is 0. The largest absolute Gasteiger partial charge is 0.298 e. The molecule has 9 heteroatoms. The summed E-state index contributed by atoms with van der Waals surface area (Å²) in [6, 6.07) is 4.55. The average molecular weight is 393 g/mol. The number of benzene rings is 1. The molecule has 1 aliphatic heterocycles. The summed E-state index contributed by atoms with van der Waals surface area (Å²) >= 11 is 2.77. The van der Waals surface area contributed by atoms with Crippen LogP contribution in [0.15, 0.2) is 28.5 Å². The van der Waals surface area contributed by atoms with E-state index in [0.29, 0.717) is 5.13 Å². The highest BCUT2D eigenvalue weighted by molar-refractivity contribution is 7.98. The average Bonchev–Trinajstić information content (AvgIpc) is 3.08. The Hall–Kier alpha value is -1.97. The maximum Gasteiger partial charge on any atom is 0.282 e. The molecular formula is C17H20N4O3S2. The Morgan fingerprint density at radius 2 is 2.15 bits per heavy atom. The fourth-order valence-electron chi connectivity index (χ4n) is 2.93. The minimum Gasteiger partial charge on any atom is -0.298 e. The van der Waals surface area contributed by atoms with E-state index in [2.05, 4.69) is 15.2 Å². The number of nitrogens with zero attached hydrogens (tertiary/aromatic N) is 3. The molecule has 0 atom stereocenters. The second-order valence-electron chi connectivity index (χ2n) is 6.08. The van der Waals surface area contributed by atoms with E-state index < -0.39 is 10.8 Å². The van der Waals surface area contributed by atoms with Crippen molar-refractivity contribution in [2.24, 2.45) is 0 Å². The lowest BCUT2D eigenvalue weighted by atomic mass is 10.1. The molecule has 2 heterocycles. The van der Waals surface area contributed by atoms with Gasteiger partial charge in [0.25, 0.3) is 11.6 Å². The number of nitro groups is 1. The third-order valence-corrected chi connectivity index (χ3v) is 5.78. The van der Waals surface area contributed by atoms with E-state index in [1.165, 1.54) is 48.4 Å². The van der Waals surface area contributed by atoms with E-state index >= 15 is 0 Å². The highest BCUT2D eigenvalue weighted by atomic mass is 32.2. The van der Waals surface area contributed by atoms with Crippen molar-refractivity contribution >= 4 is 39.8 Å². The second-order valence-corrected chi connectivity index (χ2v) is 7.81. The number of anilines is 1. The molecule has 1 aliphatic rings. The molecule has 0 spiro atoms. The molecule has 26 heavy (non-hydrogen) atoms. The van der Waals surface area contributed by atoms with Crippen LogP contribution in [0, 0.1) is 10.1 Å². The monoisotopic (exact) mass is 392 g/mol. The Morgan fingerprint density at radius 1 is 1.38 bits per heavy atom. The van der Waals surface area contributed by atoms with Crippen LogP contribution in [0.4, 0.5) is 10.8 Å². The van der Waals surface area contributed by atoms with Gasteiger partial charge in [-0.05, 0) is 44.3 Å². The summed E-state index contributed by atoms with van der Waals surface area (Å²) in [4.78, 5) is 30.8. The molecule has 1 amide bonds. The summed E-state index contributed by atoms with van der Waals surface area (Å²) in [5.41, 5.74) is 0.764. The van der Waals surface area contributed by atoms with E-state index in [-0.39, 0.29) is 11.3 Å². The number of thioether (sulfide) groups is 1. The van der Waals surface area contributed by atoms with Crippen LogP contribution in [0.1, 0.15) is 35.3 Å². The zero-order chi connectivity index (χ0) is 18.5. The fourth-order valence-corrected chi connectivity index (χ4v) is 4.07. The van der Waals surface area contributed by atoms with Gasteiger partial charge in [-0.25, -0.2) is 4.98 Å². The van der Waals surface area contributed by atoms with Crippen molar-refractivity contribution in [3.63, 3.8) is 0 Å². The predicted molar refractivity (Wildman–Crippen MR) is 104 cm³/mol. The lowest BCUT2D eigenvalue weighted by molar-refractivity contribution is -0.385. The third kappa shape index (κ3) is 4.60. The summed E-state index contributed by atoms with van der Waals surface area (Å²) in [6.45, 7) is 2.92. The van der Waals surface area contributed by atoms with E-state index in [1.807, 2.05) is 11.6 Å². The molecule has 2 aromatic rings. The molecule has 1 aromatic heterocycles. The standard InChI is InChI=1S/C17H20N4O3S2/c1-25-13-5-6-15(21(23)24)14(9-13)16(22)19-17-18-12(11-26-17)10-20-7-3-2-4-8-20/h5-6,9,11H,2-4,7-8,10H2,1H3,(H,18,19,22). The fraction of sp³-hybridized carbons (Fsp3) is 0.412. The smallest absolute Gasteiger partial charge is 0.282 e. The Kier molecular flexibility index (Phi) is 6.23. The molecule has 1 aromatic carbocycles. The van der Waals surface area contributed by atoms with E-state index in [9.17, 15) is 14.9 Å². The van der Waals surface area contributed by atoms with Crippen molar-refractivity contribution in [3.8, 4) is 0 Å². The zero-order valence-corrected chi connectivity index (χ0v) is 16.1. The van der Waals surface area contributed by atoms with Gasteiger partial charge in [0.2, 0.25) is 0 Å². The van der Waals surface area contributed by atoms with Crippen molar-refractivity contribution in [1.82, 2.24) is 9.88 Å². The van der Waals surface area contributed by atoms with Gasteiger partial charge in [-0.15, -0.1) is 23.1 Å². The zero-order valence-electron chi connectivity index (χ0n) is 14.4. The number of carbonyl (C=O) groups excluding carboxylic acids is 1. The molecule has 3 rings (SSSR count). The summed E-state index contributed by atoms with van der Waals surface area (Å²) in [5.74, 6) is -0.508. The number of amides is 1. The van der Waals surface area contributed by atoms with Crippen LogP contribution in [-0.2, 0) is 6.54 Å². The highest BCUT2D eigenvalue weighted by Gasteiger charge is 2.22. The van der Waals surface area contributed by atoms with Crippen molar-refractivity contribution in [2.45, 2.75) is 30.7 Å². The molecule has 1 saturated heterocycles. The minimum absolute atomic E-state index is 0.0506. The Labute approximate surface area is 160 Å². The first kappa shape index (κ1) is 18.8. The van der Waals surface area contributed by atoms with Crippen LogP contribution in [-0.4, -0.2) is 40.1 Å². The number of nitro benzene ring substituents is 1. The van der Waals surface area contributed by atoms with Gasteiger partial charge in [0.1, 0.15) is 5.56 Å². The first-order valence-corrected chi connectivity index (χ1v) is 10.5. The number of thiazole rings is 1. The summed E-state index contributed by atoms with van der Waals surface area (Å²) < 4.78 is 0. The van der Waals surface area contributed by atoms with E-state index in [1.54, 1.807) is 12.1 Å². The maximum absolute atomic E-state index is 12.5. The second kappa shape index (κ2) is 8.61. The van der Waals surface area contributed by atoms with Gasteiger partial charge >= 0.3 is 0 Å². The molecule has 1 N–H and O–H groups in total. The van der Waals surface area contributed by atoms with Gasteiger partial charge in [0, 0.05) is 22.9 Å². The molecule has 138 valence electrons. The van der Waals surface area contributed by atoms with Gasteiger partial charge in [-0.2, -0.15) is 0 Å². The SMILES string of the molecule is CSc1ccc([N+](=O)[O-])c(C(=O)Nc2nc(CN3CCCCC3)cs2)c1. The lowest BCUT2D eigenvalue weighted by Gasteiger charge is -2.25. The van der Waals surface area contributed by atoms with Crippen LogP contribution < -0.4 is 5.32 Å². The molecule has 0 unspecified atom stereocenters. The Morgan fingerprint density at radius 3 is 2.85 bits per heavy atom. The summed E-state index contributed by atoms with van der Waals surface area (Å²) in [5, 5.41) is 16.3. The van der Waals surface area contributed by atoms with E-state index in [4.69, 9.17) is 0 Å². The van der Waals surface area contributed by atoms with Crippen LogP contribution in [0.3, 0.4) is 0 Å².